The molecule has 1 saturated heterocycles. The lowest BCUT2D eigenvalue weighted by molar-refractivity contribution is -0.120. The highest BCUT2D eigenvalue weighted by Gasteiger charge is 2.33. The summed E-state index contributed by atoms with van der Waals surface area (Å²) in [6.07, 6.45) is 2.67. The van der Waals surface area contributed by atoms with E-state index in [9.17, 15) is 4.79 Å². The number of thiophene rings is 1. The van der Waals surface area contributed by atoms with E-state index >= 15 is 0 Å². The molecule has 108 valence electrons. The molecule has 0 aliphatic carbocycles. The van der Waals surface area contributed by atoms with Crippen LogP contribution < -0.4 is 10.6 Å². The highest BCUT2D eigenvalue weighted by Crippen LogP contribution is 2.19. The average molecular weight is 305 g/mol. The fraction of sp³-hybridized carbons (Fsp3) is 0.615. The number of ether oxygens (including phenoxy) is 1. The van der Waals surface area contributed by atoms with Crippen LogP contribution in [0.4, 0.5) is 0 Å². The summed E-state index contributed by atoms with van der Waals surface area (Å²) >= 11 is 1.62. The Bertz CT molecular complexity index is 378. The number of methoxy groups -OCH3 is 1. The molecule has 4 nitrogen and oxygen atoms in total. The van der Waals surface area contributed by atoms with Crippen LogP contribution in [0.2, 0.25) is 0 Å². The van der Waals surface area contributed by atoms with Crippen molar-refractivity contribution in [2.75, 3.05) is 26.8 Å². The molecule has 0 radical (unpaired) electrons. The molecule has 0 spiro atoms. The Morgan fingerprint density at radius 3 is 3.05 bits per heavy atom. The van der Waals surface area contributed by atoms with Gasteiger partial charge in [0, 0.05) is 18.5 Å². The van der Waals surface area contributed by atoms with Crippen molar-refractivity contribution in [2.45, 2.75) is 24.8 Å². The van der Waals surface area contributed by atoms with Crippen molar-refractivity contribution in [3.63, 3.8) is 0 Å². The lowest BCUT2D eigenvalue weighted by Gasteiger charge is -2.28. The number of amides is 1. The summed E-state index contributed by atoms with van der Waals surface area (Å²) in [7, 11) is 1.70. The van der Waals surface area contributed by atoms with Gasteiger partial charge in [0.2, 0.25) is 5.91 Å². The van der Waals surface area contributed by atoms with Gasteiger partial charge >= 0.3 is 0 Å². The minimum absolute atomic E-state index is 0. The van der Waals surface area contributed by atoms with Crippen LogP contribution in [0.3, 0.4) is 0 Å². The second-order valence-corrected chi connectivity index (χ2v) is 5.81. The van der Waals surface area contributed by atoms with Crippen molar-refractivity contribution in [2.24, 2.45) is 0 Å². The first-order valence-electron chi connectivity index (χ1n) is 6.27. The highest BCUT2D eigenvalue weighted by atomic mass is 35.5. The zero-order valence-corrected chi connectivity index (χ0v) is 12.7. The van der Waals surface area contributed by atoms with Gasteiger partial charge in [-0.05, 0) is 30.8 Å². The third-order valence-electron chi connectivity index (χ3n) is 3.29. The standard InChI is InChI=1S/C13H20N2O2S.ClH/c1-17-10-13(5-3-6-15-13)9-14-12(16)8-11-4-2-7-18-11;/h2,4,7,15H,3,5-6,8-10H2,1H3,(H,14,16);1H. The Hall–Kier alpha value is -0.620. The van der Waals surface area contributed by atoms with Crippen LogP contribution in [0.5, 0.6) is 0 Å². The lowest BCUT2D eigenvalue weighted by atomic mass is 9.98. The molecule has 6 heteroatoms. The molecule has 1 aromatic heterocycles. The topological polar surface area (TPSA) is 50.4 Å². The molecule has 0 aromatic carbocycles. The second kappa shape index (κ2) is 7.85. The van der Waals surface area contributed by atoms with Crippen molar-refractivity contribution in [3.05, 3.63) is 22.4 Å². The van der Waals surface area contributed by atoms with E-state index in [1.54, 1.807) is 18.4 Å². The SMILES string of the molecule is COCC1(CNC(=O)Cc2cccs2)CCCN1.Cl. The summed E-state index contributed by atoms with van der Waals surface area (Å²) in [5, 5.41) is 8.46. The maximum absolute atomic E-state index is 11.8. The van der Waals surface area contributed by atoms with E-state index in [2.05, 4.69) is 10.6 Å². The molecule has 1 aromatic rings. The molecular weight excluding hydrogens is 284 g/mol. The van der Waals surface area contributed by atoms with E-state index in [0.29, 0.717) is 19.6 Å². The zero-order valence-electron chi connectivity index (χ0n) is 11.1. The molecule has 2 rings (SSSR count). The van der Waals surface area contributed by atoms with E-state index in [-0.39, 0.29) is 23.9 Å². The lowest BCUT2D eigenvalue weighted by Crippen LogP contribution is -2.53. The van der Waals surface area contributed by atoms with Crippen LogP contribution >= 0.6 is 23.7 Å². The van der Waals surface area contributed by atoms with Crippen LogP contribution in [0.25, 0.3) is 0 Å². The van der Waals surface area contributed by atoms with Crippen molar-refractivity contribution >= 4 is 29.7 Å². The van der Waals surface area contributed by atoms with Gasteiger partial charge in [-0.25, -0.2) is 0 Å². The van der Waals surface area contributed by atoms with Gasteiger partial charge in [-0.3, -0.25) is 4.79 Å². The van der Waals surface area contributed by atoms with E-state index in [1.807, 2.05) is 17.5 Å². The summed E-state index contributed by atoms with van der Waals surface area (Å²) < 4.78 is 5.26. The smallest absolute Gasteiger partial charge is 0.225 e. The van der Waals surface area contributed by atoms with Gasteiger partial charge in [0.15, 0.2) is 0 Å². The number of halogens is 1. The largest absolute Gasteiger partial charge is 0.383 e. The minimum Gasteiger partial charge on any atom is -0.383 e. The maximum atomic E-state index is 11.8. The fourth-order valence-corrected chi connectivity index (χ4v) is 3.08. The molecule has 19 heavy (non-hydrogen) atoms. The summed E-state index contributed by atoms with van der Waals surface area (Å²) in [6, 6.07) is 3.96. The molecule has 1 unspecified atom stereocenters. The molecule has 1 fully saturated rings. The minimum atomic E-state index is -0.0696. The van der Waals surface area contributed by atoms with Crippen LogP contribution in [0.15, 0.2) is 17.5 Å². The molecular formula is C13H21ClN2O2S. The third kappa shape index (κ3) is 4.76. The van der Waals surface area contributed by atoms with Crippen LogP contribution in [-0.2, 0) is 16.0 Å². The van der Waals surface area contributed by atoms with E-state index in [0.717, 1.165) is 24.3 Å². The molecule has 1 atom stereocenters. The third-order valence-corrected chi connectivity index (χ3v) is 4.17. The first kappa shape index (κ1) is 16.4. The summed E-state index contributed by atoms with van der Waals surface area (Å²) in [5.41, 5.74) is -0.0696. The van der Waals surface area contributed by atoms with Crippen molar-refractivity contribution in [1.82, 2.24) is 10.6 Å². The number of nitrogens with one attached hydrogen (secondary N) is 2. The van der Waals surface area contributed by atoms with Gasteiger partial charge < -0.3 is 15.4 Å². The Kier molecular flexibility index (Phi) is 6.79. The summed E-state index contributed by atoms with van der Waals surface area (Å²) in [4.78, 5) is 12.9. The first-order valence-corrected chi connectivity index (χ1v) is 7.15. The summed E-state index contributed by atoms with van der Waals surface area (Å²) in [5.74, 6) is 0.0848. The Labute approximate surface area is 124 Å². The van der Waals surface area contributed by atoms with Crippen molar-refractivity contribution < 1.29 is 9.53 Å². The molecule has 1 amide bonds. The van der Waals surface area contributed by atoms with Gasteiger partial charge in [-0.2, -0.15) is 0 Å². The number of hydrogen-bond acceptors (Lipinski definition) is 4. The number of carbonyl (C=O) groups is 1. The number of rotatable bonds is 6. The average Bonchev–Trinajstić information content (AvgIpc) is 2.99. The Morgan fingerprint density at radius 1 is 1.63 bits per heavy atom. The number of hydrogen-bond donors (Lipinski definition) is 2. The van der Waals surface area contributed by atoms with Gasteiger partial charge in [0.25, 0.3) is 0 Å². The van der Waals surface area contributed by atoms with Gasteiger partial charge in [-0.1, -0.05) is 6.07 Å². The molecule has 0 bridgehead atoms. The molecule has 2 N–H and O–H groups in total. The first-order chi connectivity index (χ1) is 8.74. The van der Waals surface area contributed by atoms with Crippen molar-refractivity contribution in [3.8, 4) is 0 Å². The number of carbonyl (C=O) groups excluding carboxylic acids is 1. The highest BCUT2D eigenvalue weighted by molar-refractivity contribution is 7.10. The molecule has 1 aliphatic rings. The monoisotopic (exact) mass is 304 g/mol. The zero-order chi connectivity index (χ0) is 12.8. The van der Waals surface area contributed by atoms with E-state index in [4.69, 9.17) is 4.74 Å². The predicted molar refractivity (Wildman–Crippen MR) is 80.1 cm³/mol. The van der Waals surface area contributed by atoms with Gasteiger partial charge in [0.1, 0.15) is 0 Å². The Morgan fingerprint density at radius 2 is 2.47 bits per heavy atom. The van der Waals surface area contributed by atoms with Gasteiger partial charge in [-0.15, -0.1) is 23.7 Å². The van der Waals surface area contributed by atoms with Crippen LogP contribution in [-0.4, -0.2) is 38.3 Å². The molecule has 2 heterocycles. The van der Waals surface area contributed by atoms with Crippen LogP contribution in [0, 0.1) is 0 Å². The van der Waals surface area contributed by atoms with Crippen molar-refractivity contribution in [1.29, 1.82) is 0 Å². The second-order valence-electron chi connectivity index (χ2n) is 4.78. The molecule has 0 saturated carbocycles. The van der Waals surface area contributed by atoms with Gasteiger partial charge in [0.05, 0.1) is 18.6 Å². The molecule has 1 aliphatic heterocycles. The normalized spacial score (nSPS) is 21.9. The summed E-state index contributed by atoms with van der Waals surface area (Å²) in [6.45, 7) is 2.29. The van der Waals surface area contributed by atoms with E-state index in [1.165, 1.54) is 0 Å². The fourth-order valence-electron chi connectivity index (χ4n) is 2.37. The predicted octanol–water partition coefficient (Wildman–Crippen LogP) is 1.60. The van der Waals surface area contributed by atoms with Crippen LogP contribution in [0.1, 0.15) is 17.7 Å². The van der Waals surface area contributed by atoms with E-state index < -0.39 is 0 Å². The Balaban J connectivity index is 0.00000180. The maximum Gasteiger partial charge on any atom is 0.225 e. The quantitative estimate of drug-likeness (QED) is 0.839.